The molecule has 5 nitrogen and oxygen atoms in total. The average Bonchev–Trinajstić information content (AvgIpc) is 2.87. The Balaban J connectivity index is 1.81. The second kappa shape index (κ2) is 4.59. The van der Waals surface area contributed by atoms with Crippen LogP contribution in [0.3, 0.4) is 0 Å². The van der Waals surface area contributed by atoms with Crippen molar-refractivity contribution in [2.24, 2.45) is 22.2 Å². The maximum Gasteiger partial charge on any atom is 0.139 e. The summed E-state index contributed by atoms with van der Waals surface area (Å²) in [6, 6.07) is 0. The lowest BCUT2D eigenvalue weighted by molar-refractivity contribution is 0.209. The van der Waals surface area contributed by atoms with Gasteiger partial charge in [0, 0.05) is 26.1 Å². The Bertz CT molecular complexity index is 276. The van der Waals surface area contributed by atoms with Gasteiger partial charge in [-0.1, -0.05) is 5.16 Å². The number of aliphatic hydroxyl groups excluding tert-OH is 1. The summed E-state index contributed by atoms with van der Waals surface area (Å²) in [6.45, 7) is 3.39. The highest BCUT2D eigenvalue weighted by Gasteiger charge is 2.45. The second-order valence-corrected chi connectivity index (χ2v) is 5.34. The van der Waals surface area contributed by atoms with Crippen molar-refractivity contribution in [3.63, 3.8) is 0 Å². The molecule has 0 aromatic rings. The van der Waals surface area contributed by atoms with Gasteiger partial charge >= 0.3 is 0 Å². The van der Waals surface area contributed by atoms with Crippen LogP contribution in [0.2, 0.25) is 0 Å². The zero-order valence-corrected chi connectivity index (χ0v) is 9.60. The lowest BCUT2D eigenvalue weighted by Gasteiger charge is -2.22. The molecule has 1 saturated carbocycles. The topological polar surface area (TPSA) is 82.1 Å². The van der Waals surface area contributed by atoms with Crippen molar-refractivity contribution in [3.8, 4) is 0 Å². The molecule has 1 atom stereocenters. The van der Waals surface area contributed by atoms with Gasteiger partial charge in [0.05, 0.1) is 0 Å². The molecule has 0 aromatic heterocycles. The van der Waals surface area contributed by atoms with Crippen LogP contribution in [0.25, 0.3) is 0 Å². The number of nitrogens with two attached hydrogens (primary N) is 1. The largest absolute Gasteiger partial charge is 0.409 e. The normalized spacial score (nSPS) is 29.6. The standard InChI is InChI=1S/C11H21N3O2/c12-10(13-16)5-11(2-3-11)8-14-4-1-9(6-14)7-15/h9,15-16H,1-8H2,(H2,12,13). The molecule has 5 heteroatoms. The first-order valence-corrected chi connectivity index (χ1v) is 5.97. The molecular formula is C11H21N3O2. The predicted octanol–water partition coefficient (Wildman–Crippen LogP) is 0.217. The summed E-state index contributed by atoms with van der Waals surface area (Å²) >= 11 is 0. The predicted molar refractivity (Wildman–Crippen MR) is 61.3 cm³/mol. The summed E-state index contributed by atoms with van der Waals surface area (Å²) in [5.74, 6) is 0.787. The van der Waals surface area contributed by atoms with Crippen LogP contribution >= 0.6 is 0 Å². The van der Waals surface area contributed by atoms with E-state index >= 15 is 0 Å². The average molecular weight is 227 g/mol. The van der Waals surface area contributed by atoms with Crippen LogP contribution in [0.5, 0.6) is 0 Å². The van der Waals surface area contributed by atoms with Gasteiger partial charge in [-0.05, 0) is 37.1 Å². The molecular weight excluding hydrogens is 206 g/mol. The Morgan fingerprint density at radius 1 is 1.50 bits per heavy atom. The minimum atomic E-state index is 0.251. The quantitative estimate of drug-likeness (QED) is 0.271. The lowest BCUT2D eigenvalue weighted by Crippen LogP contribution is -2.31. The molecule has 1 heterocycles. The van der Waals surface area contributed by atoms with Crippen LogP contribution < -0.4 is 5.73 Å². The van der Waals surface area contributed by atoms with Crippen molar-refractivity contribution >= 4 is 5.84 Å². The first kappa shape index (κ1) is 11.7. The Kier molecular flexibility index (Phi) is 3.35. The van der Waals surface area contributed by atoms with Crippen molar-refractivity contribution in [3.05, 3.63) is 0 Å². The maximum atomic E-state index is 9.08. The highest BCUT2D eigenvalue weighted by molar-refractivity contribution is 5.80. The van der Waals surface area contributed by atoms with E-state index in [1.807, 2.05) is 0 Å². The Labute approximate surface area is 95.9 Å². The van der Waals surface area contributed by atoms with Crippen LogP contribution in [0.4, 0.5) is 0 Å². The number of hydrogen-bond donors (Lipinski definition) is 3. The van der Waals surface area contributed by atoms with Crippen molar-refractivity contribution < 1.29 is 10.3 Å². The lowest BCUT2D eigenvalue weighted by atomic mass is 10.0. The Morgan fingerprint density at radius 3 is 2.75 bits per heavy atom. The van der Waals surface area contributed by atoms with Gasteiger partial charge < -0.3 is 20.9 Å². The van der Waals surface area contributed by atoms with E-state index in [-0.39, 0.29) is 5.41 Å². The van der Waals surface area contributed by atoms with Crippen molar-refractivity contribution in [1.82, 2.24) is 4.90 Å². The molecule has 0 bridgehead atoms. The van der Waals surface area contributed by atoms with Gasteiger partial charge in [-0.15, -0.1) is 0 Å². The Morgan fingerprint density at radius 2 is 2.25 bits per heavy atom. The van der Waals surface area contributed by atoms with Crippen molar-refractivity contribution in [1.29, 1.82) is 0 Å². The molecule has 2 rings (SSSR count). The van der Waals surface area contributed by atoms with Gasteiger partial charge in [0.25, 0.3) is 0 Å². The molecule has 0 spiro atoms. The molecule has 1 aliphatic carbocycles. The van der Waals surface area contributed by atoms with E-state index in [1.54, 1.807) is 0 Å². The molecule has 0 amide bonds. The molecule has 0 radical (unpaired) electrons. The van der Waals surface area contributed by atoms with Gasteiger partial charge in [-0.3, -0.25) is 0 Å². The fourth-order valence-electron chi connectivity index (χ4n) is 2.67. The van der Waals surface area contributed by atoms with Crippen molar-refractivity contribution in [2.45, 2.75) is 25.7 Å². The van der Waals surface area contributed by atoms with E-state index in [2.05, 4.69) is 10.1 Å². The van der Waals surface area contributed by atoms with E-state index in [1.165, 1.54) is 12.8 Å². The van der Waals surface area contributed by atoms with Gasteiger partial charge in [-0.2, -0.15) is 0 Å². The molecule has 2 aliphatic rings. The second-order valence-electron chi connectivity index (χ2n) is 5.34. The van der Waals surface area contributed by atoms with Crippen LogP contribution in [0, 0.1) is 11.3 Å². The maximum absolute atomic E-state index is 9.08. The SMILES string of the molecule is NC(CC1(CN2CCC(CO)C2)CC1)=NO. The van der Waals surface area contributed by atoms with E-state index < -0.39 is 0 Å². The van der Waals surface area contributed by atoms with E-state index in [9.17, 15) is 0 Å². The fraction of sp³-hybridized carbons (Fsp3) is 0.909. The molecule has 16 heavy (non-hydrogen) atoms. The number of aliphatic hydroxyl groups is 1. The number of hydrogen-bond acceptors (Lipinski definition) is 4. The van der Waals surface area contributed by atoms with Gasteiger partial charge in [0.15, 0.2) is 0 Å². The highest BCUT2D eigenvalue weighted by atomic mass is 16.4. The van der Waals surface area contributed by atoms with Crippen molar-refractivity contribution in [2.75, 3.05) is 26.2 Å². The van der Waals surface area contributed by atoms with Crippen LogP contribution in [0.15, 0.2) is 5.16 Å². The number of oxime groups is 1. The summed E-state index contributed by atoms with van der Waals surface area (Å²) < 4.78 is 0. The molecule has 0 aromatic carbocycles. The van der Waals surface area contributed by atoms with Crippen LogP contribution in [0.1, 0.15) is 25.7 Å². The summed E-state index contributed by atoms with van der Waals surface area (Å²) in [5.41, 5.74) is 5.82. The first-order valence-electron chi connectivity index (χ1n) is 5.97. The number of amidine groups is 1. The Hall–Kier alpha value is -0.810. The van der Waals surface area contributed by atoms with Crippen LogP contribution in [-0.2, 0) is 0 Å². The zero-order valence-electron chi connectivity index (χ0n) is 9.60. The first-order chi connectivity index (χ1) is 7.67. The molecule has 4 N–H and O–H groups in total. The highest BCUT2D eigenvalue weighted by Crippen LogP contribution is 2.49. The summed E-state index contributed by atoms with van der Waals surface area (Å²) in [6.07, 6.45) is 4.13. The fourth-order valence-corrected chi connectivity index (χ4v) is 2.67. The third-order valence-corrected chi connectivity index (χ3v) is 3.83. The number of nitrogens with zero attached hydrogens (tertiary/aromatic N) is 2. The van der Waals surface area contributed by atoms with E-state index in [0.29, 0.717) is 24.8 Å². The van der Waals surface area contributed by atoms with Gasteiger partial charge in [0.2, 0.25) is 0 Å². The summed E-state index contributed by atoms with van der Waals surface area (Å²) in [4.78, 5) is 2.40. The number of rotatable bonds is 5. The zero-order chi connectivity index (χ0) is 11.6. The molecule has 1 saturated heterocycles. The molecule has 1 unspecified atom stereocenters. The minimum absolute atomic E-state index is 0.251. The number of likely N-dealkylation sites (tertiary alicyclic amines) is 1. The van der Waals surface area contributed by atoms with E-state index in [0.717, 1.165) is 26.1 Å². The summed E-state index contributed by atoms with van der Waals surface area (Å²) in [7, 11) is 0. The van der Waals surface area contributed by atoms with Gasteiger partial charge in [-0.25, -0.2) is 0 Å². The summed E-state index contributed by atoms with van der Waals surface area (Å²) in [5, 5.41) is 20.7. The third-order valence-electron chi connectivity index (χ3n) is 3.83. The molecule has 1 aliphatic heterocycles. The van der Waals surface area contributed by atoms with Crippen LogP contribution in [-0.4, -0.2) is 47.3 Å². The smallest absolute Gasteiger partial charge is 0.139 e. The van der Waals surface area contributed by atoms with Gasteiger partial charge in [0.1, 0.15) is 5.84 Å². The van der Waals surface area contributed by atoms with E-state index in [4.69, 9.17) is 16.0 Å². The minimum Gasteiger partial charge on any atom is -0.409 e. The molecule has 92 valence electrons. The monoisotopic (exact) mass is 227 g/mol. The third kappa shape index (κ3) is 2.65. The molecule has 2 fully saturated rings.